The Kier molecular flexibility index (Phi) is 13.7. The minimum Gasteiger partial charge on any atom is -0.308 e. The first-order chi connectivity index (χ1) is 45.6. The van der Waals surface area contributed by atoms with E-state index in [1.807, 2.05) is 243 Å². The van der Waals surface area contributed by atoms with Gasteiger partial charge in [-0.2, -0.15) is 5.26 Å². The van der Waals surface area contributed by atoms with Crippen molar-refractivity contribution in [2.45, 2.75) is 0 Å². The van der Waals surface area contributed by atoms with E-state index in [0.717, 1.165) is 89.5 Å². The predicted molar refractivity (Wildman–Crippen MR) is 360 cm³/mol. The Labute approximate surface area is 529 Å². The molecule has 16 rings (SSSR count). The van der Waals surface area contributed by atoms with Crippen LogP contribution in [0, 0.1) is 40.4 Å². The van der Waals surface area contributed by atoms with Crippen molar-refractivity contribution in [3.8, 4) is 118 Å². The summed E-state index contributed by atoms with van der Waals surface area (Å²) in [6.07, 6.45) is 7.00. The lowest BCUT2D eigenvalue weighted by Gasteiger charge is -2.22. The third-order valence-corrected chi connectivity index (χ3v) is 17.3. The summed E-state index contributed by atoms with van der Waals surface area (Å²) in [5.41, 5.74) is 13.7. The molecule has 16 aromatic rings. The van der Waals surface area contributed by atoms with E-state index >= 15 is 22.0 Å². The van der Waals surface area contributed by atoms with E-state index in [0.29, 0.717) is 43.6 Å². The van der Waals surface area contributed by atoms with Crippen molar-refractivity contribution in [2.24, 2.45) is 0 Å². The predicted octanol–water partition coefficient (Wildman–Crippen LogP) is 21.0. The van der Waals surface area contributed by atoms with Crippen LogP contribution in [0.4, 0.5) is 22.0 Å². The summed E-state index contributed by atoms with van der Waals surface area (Å²) < 4.78 is 86.8. The summed E-state index contributed by atoms with van der Waals surface area (Å²) >= 11 is 0. The Morgan fingerprint density at radius 1 is 0.258 bits per heavy atom. The quantitative estimate of drug-likeness (QED) is 0.0732. The van der Waals surface area contributed by atoms with Crippen LogP contribution in [0.1, 0.15) is 5.56 Å². The Balaban J connectivity index is 0.987. The molecule has 0 N–H and O–H groups in total. The molecule has 440 valence electrons. The number of hydrogen-bond donors (Lipinski definition) is 0. The number of nitrogens with zero attached hydrogens (tertiary/aromatic N) is 7. The van der Waals surface area contributed by atoms with Crippen LogP contribution in [0.5, 0.6) is 0 Å². The minimum atomic E-state index is -2.31. The minimum absolute atomic E-state index is 0.0306. The molecule has 0 aliphatic carbocycles. The van der Waals surface area contributed by atoms with Crippen molar-refractivity contribution in [1.29, 1.82) is 5.26 Å². The second-order valence-electron chi connectivity index (χ2n) is 22.7. The highest BCUT2D eigenvalue weighted by molar-refractivity contribution is 6.15. The Hall–Kier alpha value is -12.5. The number of nitriles is 1. The normalized spacial score (nSPS) is 11.5. The first-order valence-corrected chi connectivity index (χ1v) is 30.0. The van der Waals surface area contributed by atoms with E-state index in [9.17, 15) is 5.26 Å². The van der Waals surface area contributed by atoms with Gasteiger partial charge in [0.05, 0.1) is 73.4 Å². The molecule has 0 aliphatic rings. The highest BCUT2D eigenvalue weighted by Gasteiger charge is 2.33. The van der Waals surface area contributed by atoms with Crippen LogP contribution >= 0.6 is 0 Å². The van der Waals surface area contributed by atoms with Crippen molar-refractivity contribution in [2.75, 3.05) is 0 Å². The van der Waals surface area contributed by atoms with Gasteiger partial charge in [-0.25, -0.2) is 22.0 Å². The molecular weight excluding hydrogens is 1170 g/mol. The zero-order valence-electron chi connectivity index (χ0n) is 49.1. The summed E-state index contributed by atoms with van der Waals surface area (Å²) in [6, 6.07) is 83.4. The van der Waals surface area contributed by atoms with Crippen molar-refractivity contribution in [3.05, 3.63) is 314 Å². The van der Waals surface area contributed by atoms with Gasteiger partial charge in [-0.05, 0) is 154 Å². The molecule has 0 unspecified atom stereocenters. The highest BCUT2D eigenvalue weighted by atomic mass is 19.2. The lowest BCUT2D eigenvalue weighted by Crippen LogP contribution is -2.10. The first-order valence-electron chi connectivity index (χ1n) is 30.0. The molecule has 6 heterocycles. The summed E-state index contributed by atoms with van der Waals surface area (Å²) in [6.45, 7) is 0. The van der Waals surface area contributed by atoms with Crippen molar-refractivity contribution < 1.29 is 22.0 Å². The SMILES string of the molecule is N#Cc1cc(-n2c3ccc(-c4ccnc(-c5ccccc5)c4)cc3c3cc(-c4ccnc(-c5ccccc5)c4)ccc32)c(-c2c(F)c(F)c(F)c(F)c2F)c(-n2c3ccc(-c4ccnc(-c5ccccc5)c4)cc3c3cc(-c4ccnc(-c5ccccc5)c4)ccc32)c1. The van der Waals surface area contributed by atoms with Crippen LogP contribution in [0.25, 0.3) is 156 Å². The number of rotatable bonds is 11. The highest BCUT2D eigenvalue weighted by Crippen LogP contribution is 2.48. The molecule has 0 amide bonds. The van der Waals surface area contributed by atoms with Gasteiger partial charge < -0.3 is 9.13 Å². The van der Waals surface area contributed by atoms with E-state index in [4.69, 9.17) is 19.9 Å². The van der Waals surface area contributed by atoms with E-state index < -0.39 is 34.6 Å². The van der Waals surface area contributed by atoms with Gasteiger partial charge in [-0.15, -0.1) is 0 Å². The van der Waals surface area contributed by atoms with Gasteiger partial charge in [0.15, 0.2) is 23.3 Å². The molecule has 0 saturated carbocycles. The van der Waals surface area contributed by atoms with Crippen molar-refractivity contribution >= 4 is 43.6 Å². The van der Waals surface area contributed by atoms with Crippen LogP contribution < -0.4 is 0 Å². The van der Waals surface area contributed by atoms with Gasteiger partial charge in [0.1, 0.15) is 0 Å². The molecule has 0 aliphatic heterocycles. The fraction of sp³-hybridized carbons (Fsp3) is 0. The molecule has 0 saturated heterocycles. The topological polar surface area (TPSA) is 85.2 Å². The second-order valence-corrected chi connectivity index (χ2v) is 22.7. The Morgan fingerprint density at radius 2 is 0.516 bits per heavy atom. The van der Waals surface area contributed by atoms with Gasteiger partial charge in [0.25, 0.3) is 0 Å². The monoisotopic (exact) mass is 1210 g/mol. The number of hydrogen-bond acceptors (Lipinski definition) is 5. The molecule has 0 fully saturated rings. The van der Waals surface area contributed by atoms with Gasteiger partial charge in [0.2, 0.25) is 5.82 Å². The molecule has 10 aromatic carbocycles. The maximum Gasteiger partial charge on any atom is 0.200 e. The summed E-state index contributed by atoms with van der Waals surface area (Å²) in [4.78, 5) is 18.8. The van der Waals surface area contributed by atoms with Gasteiger partial charge in [-0.3, -0.25) is 19.9 Å². The average molecular weight is 1210 g/mol. The number of halogens is 5. The summed E-state index contributed by atoms with van der Waals surface area (Å²) in [5.74, 6) is -10.7. The van der Waals surface area contributed by atoms with Crippen LogP contribution in [0.3, 0.4) is 0 Å². The van der Waals surface area contributed by atoms with Gasteiger partial charge in [0, 0.05) is 74.1 Å². The van der Waals surface area contributed by atoms with Crippen molar-refractivity contribution in [3.63, 3.8) is 0 Å². The van der Waals surface area contributed by atoms with Gasteiger partial charge in [-0.1, -0.05) is 146 Å². The molecule has 0 radical (unpaired) electrons. The second kappa shape index (κ2) is 22.8. The fourth-order valence-electron chi connectivity index (χ4n) is 12.9. The van der Waals surface area contributed by atoms with Crippen LogP contribution in [-0.2, 0) is 0 Å². The molecule has 0 atom stereocenters. The third kappa shape index (κ3) is 9.74. The van der Waals surface area contributed by atoms with Crippen molar-refractivity contribution in [1.82, 2.24) is 29.1 Å². The lowest BCUT2D eigenvalue weighted by atomic mass is 9.96. The largest absolute Gasteiger partial charge is 0.308 e. The molecule has 7 nitrogen and oxygen atoms in total. The summed E-state index contributed by atoms with van der Waals surface area (Å²) in [5, 5.41) is 14.0. The smallest absolute Gasteiger partial charge is 0.200 e. The number of aromatic nitrogens is 6. The van der Waals surface area contributed by atoms with Crippen LogP contribution in [0.15, 0.2) is 280 Å². The molecule has 12 heteroatoms. The summed E-state index contributed by atoms with van der Waals surface area (Å²) in [7, 11) is 0. The number of pyridine rings is 4. The lowest BCUT2D eigenvalue weighted by molar-refractivity contribution is 0.381. The van der Waals surface area contributed by atoms with Crippen LogP contribution in [-0.4, -0.2) is 29.1 Å². The zero-order chi connectivity index (χ0) is 62.8. The van der Waals surface area contributed by atoms with Gasteiger partial charge >= 0.3 is 0 Å². The Bertz CT molecular complexity index is 5090. The molecular formula is C81H46F5N7. The Morgan fingerprint density at radius 3 is 0.785 bits per heavy atom. The van der Waals surface area contributed by atoms with E-state index in [1.54, 1.807) is 33.9 Å². The zero-order valence-corrected chi connectivity index (χ0v) is 49.1. The number of fused-ring (bicyclic) bond motifs is 6. The molecule has 93 heavy (non-hydrogen) atoms. The maximum absolute atomic E-state index is 17.5. The van der Waals surface area contributed by atoms with E-state index in [-0.39, 0.29) is 22.5 Å². The van der Waals surface area contributed by atoms with E-state index in [1.165, 1.54) is 12.1 Å². The third-order valence-electron chi connectivity index (χ3n) is 17.3. The van der Waals surface area contributed by atoms with Crippen LogP contribution in [0.2, 0.25) is 0 Å². The average Bonchev–Trinajstić information content (AvgIpc) is 1.63. The first kappa shape index (κ1) is 55.8. The fourth-order valence-corrected chi connectivity index (χ4v) is 12.9. The maximum atomic E-state index is 17.5. The van der Waals surface area contributed by atoms with E-state index in [2.05, 4.69) is 6.07 Å². The molecule has 0 spiro atoms. The standard InChI is InChI=1S/C81H46F5N7/c82-77-76(78(83)80(85)81(86)79(77)84)75-73(92-69-25-21-53(57-29-33-88-65(43-57)49-13-5-1-6-14-49)39-61(69)62-40-54(22-26-70(62)92)58-30-34-89-66(44-58)50-15-7-2-8-16-50)37-48(47-87)38-74(75)93-71-27-23-55(59-31-35-90-67(45-59)51-17-9-3-10-18-51)41-63(71)64-42-56(24-28-72(64)93)60-32-36-91-68(46-60)52-19-11-4-12-20-52/h1-46H. The molecule has 0 bridgehead atoms. The number of benzene rings is 10. The molecule has 6 aromatic heterocycles.